The van der Waals surface area contributed by atoms with E-state index < -0.39 is 5.82 Å². The van der Waals surface area contributed by atoms with E-state index in [1.165, 1.54) is 6.07 Å². The molecule has 2 rings (SSSR count). The second kappa shape index (κ2) is 4.86. The summed E-state index contributed by atoms with van der Waals surface area (Å²) < 4.78 is 19.1. The van der Waals surface area contributed by atoms with Gasteiger partial charge in [-0.05, 0) is 18.9 Å². The molecule has 1 aliphatic carbocycles. The van der Waals surface area contributed by atoms with Crippen LogP contribution in [0.1, 0.15) is 24.0 Å². The van der Waals surface area contributed by atoms with Crippen LogP contribution >= 0.6 is 0 Å². The Morgan fingerprint density at radius 3 is 2.76 bits per heavy atom. The van der Waals surface area contributed by atoms with Crippen molar-refractivity contribution < 1.29 is 9.13 Å². The molecule has 0 radical (unpaired) electrons. The Bertz CT molecular complexity index is 533. The quantitative estimate of drug-likeness (QED) is 0.784. The number of benzene rings is 1. The summed E-state index contributed by atoms with van der Waals surface area (Å²) in [7, 11) is 0. The number of nitrogens with two attached hydrogens (primary N) is 1. The predicted molar refractivity (Wildman–Crippen MR) is 60.7 cm³/mol. The fraction of sp³-hybridized carbons (Fsp3) is 0.308. The van der Waals surface area contributed by atoms with Crippen LogP contribution in [-0.2, 0) is 0 Å². The van der Waals surface area contributed by atoms with E-state index >= 15 is 0 Å². The molecule has 0 amide bonds. The van der Waals surface area contributed by atoms with Crippen molar-refractivity contribution in [2.45, 2.75) is 18.9 Å². The highest BCUT2D eigenvalue weighted by atomic mass is 19.1. The van der Waals surface area contributed by atoms with Crippen LogP contribution in [0.25, 0.3) is 0 Å². The van der Waals surface area contributed by atoms with E-state index in [-0.39, 0.29) is 23.8 Å². The molecule has 1 aliphatic rings. The largest absolute Gasteiger partial charge is 0.489 e. The van der Waals surface area contributed by atoms with Gasteiger partial charge in [-0.3, -0.25) is 0 Å². The lowest BCUT2D eigenvalue weighted by Crippen LogP contribution is -2.00. The molecule has 17 heavy (non-hydrogen) atoms. The molecule has 1 aromatic rings. The second-order valence-corrected chi connectivity index (χ2v) is 3.76. The second-order valence-electron chi connectivity index (χ2n) is 3.76. The van der Waals surface area contributed by atoms with E-state index in [2.05, 4.69) is 11.8 Å². The first kappa shape index (κ1) is 11.4. The van der Waals surface area contributed by atoms with Gasteiger partial charge in [0, 0.05) is 6.07 Å². The van der Waals surface area contributed by atoms with Gasteiger partial charge in [0.1, 0.15) is 17.6 Å². The summed E-state index contributed by atoms with van der Waals surface area (Å²) in [6.45, 7) is 0.165. The number of ether oxygens (including phenoxy) is 1. The Kier molecular flexibility index (Phi) is 3.27. The number of hydrogen-bond acceptors (Lipinski definition) is 3. The van der Waals surface area contributed by atoms with Gasteiger partial charge in [0.05, 0.1) is 23.8 Å². The summed E-state index contributed by atoms with van der Waals surface area (Å²) in [5.74, 6) is 5.08. The number of halogens is 1. The summed E-state index contributed by atoms with van der Waals surface area (Å²) in [4.78, 5) is 0. The van der Waals surface area contributed by atoms with Crippen molar-refractivity contribution in [3.8, 4) is 23.7 Å². The molecule has 0 heterocycles. The van der Waals surface area contributed by atoms with Crippen molar-refractivity contribution in [3.63, 3.8) is 0 Å². The fourth-order valence-corrected chi connectivity index (χ4v) is 1.35. The van der Waals surface area contributed by atoms with Gasteiger partial charge in [-0.15, -0.1) is 0 Å². The summed E-state index contributed by atoms with van der Waals surface area (Å²) in [6.07, 6.45) is 2.11. The van der Waals surface area contributed by atoms with Crippen LogP contribution in [0.4, 0.5) is 4.39 Å². The lowest BCUT2D eigenvalue weighted by molar-refractivity contribution is 0.301. The lowest BCUT2D eigenvalue weighted by atomic mass is 10.1. The molecule has 3 nitrogen and oxygen atoms in total. The van der Waals surface area contributed by atoms with Crippen LogP contribution < -0.4 is 10.5 Å². The third kappa shape index (κ3) is 2.75. The van der Waals surface area contributed by atoms with Crippen LogP contribution in [0, 0.1) is 29.0 Å². The average Bonchev–Trinajstić information content (AvgIpc) is 3.13. The molecule has 1 fully saturated rings. The number of rotatable bonds is 2. The lowest BCUT2D eigenvalue weighted by Gasteiger charge is -2.07. The molecule has 0 aromatic heterocycles. The first-order valence-corrected chi connectivity index (χ1v) is 5.34. The summed E-state index contributed by atoms with van der Waals surface area (Å²) >= 11 is 0. The van der Waals surface area contributed by atoms with Crippen LogP contribution in [0.3, 0.4) is 0 Å². The highest BCUT2D eigenvalue weighted by molar-refractivity contribution is 5.50. The average molecular weight is 230 g/mol. The van der Waals surface area contributed by atoms with Gasteiger partial charge in [0.25, 0.3) is 0 Å². The maximum atomic E-state index is 13.5. The van der Waals surface area contributed by atoms with E-state index in [0.717, 1.165) is 18.9 Å². The maximum Gasteiger partial charge on any atom is 0.140 e. The zero-order chi connectivity index (χ0) is 12.3. The molecule has 0 bridgehead atoms. The van der Waals surface area contributed by atoms with Gasteiger partial charge >= 0.3 is 0 Å². The zero-order valence-electron chi connectivity index (χ0n) is 9.16. The smallest absolute Gasteiger partial charge is 0.140 e. The third-order valence-corrected chi connectivity index (χ3v) is 2.33. The minimum Gasteiger partial charge on any atom is -0.489 e. The van der Waals surface area contributed by atoms with Crippen molar-refractivity contribution in [3.05, 3.63) is 29.1 Å². The standard InChI is InChI=1S/C13H11FN2O/c14-12-6-10(8-16)13(17-11-3-4-11)7-9(12)2-1-5-15/h6-7,11H,3-5,15H2. The molecule has 0 unspecified atom stereocenters. The summed E-state index contributed by atoms with van der Waals surface area (Å²) in [5, 5.41) is 8.89. The first-order chi connectivity index (χ1) is 8.24. The van der Waals surface area contributed by atoms with Crippen LogP contribution in [-0.4, -0.2) is 12.6 Å². The van der Waals surface area contributed by atoms with Gasteiger partial charge in [0.15, 0.2) is 0 Å². The predicted octanol–water partition coefficient (Wildman–Crippen LogP) is 1.55. The first-order valence-electron chi connectivity index (χ1n) is 5.34. The van der Waals surface area contributed by atoms with Crippen LogP contribution in [0.15, 0.2) is 12.1 Å². The van der Waals surface area contributed by atoms with E-state index in [1.807, 2.05) is 6.07 Å². The Morgan fingerprint density at radius 2 is 2.18 bits per heavy atom. The third-order valence-electron chi connectivity index (χ3n) is 2.33. The van der Waals surface area contributed by atoms with Crippen LogP contribution in [0.5, 0.6) is 5.75 Å². The molecule has 2 N–H and O–H groups in total. The SMILES string of the molecule is N#Cc1cc(F)c(C#CCN)cc1OC1CC1. The van der Waals surface area contributed by atoms with Crippen molar-refractivity contribution in [2.24, 2.45) is 5.73 Å². The van der Waals surface area contributed by atoms with Crippen molar-refractivity contribution in [2.75, 3.05) is 6.54 Å². The van der Waals surface area contributed by atoms with Crippen molar-refractivity contribution >= 4 is 0 Å². The van der Waals surface area contributed by atoms with Crippen molar-refractivity contribution in [1.29, 1.82) is 5.26 Å². The number of nitriles is 1. The van der Waals surface area contributed by atoms with Gasteiger partial charge in [-0.2, -0.15) is 5.26 Å². The maximum absolute atomic E-state index is 13.5. The Hall–Kier alpha value is -2.04. The Labute approximate surface area is 99.0 Å². The van der Waals surface area contributed by atoms with Gasteiger partial charge < -0.3 is 10.5 Å². The van der Waals surface area contributed by atoms with Gasteiger partial charge in [0.2, 0.25) is 0 Å². The minimum atomic E-state index is -0.523. The molecule has 0 spiro atoms. The Morgan fingerprint density at radius 1 is 1.41 bits per heavy atom. The van der Waals surface area contributed by atoms with E-state index in [9.17, 15) is 4.39 Å². The normalized spacial score (nSPS) is 13.5. The molecule has 0 atom stereocenters. The summed E-state index contributed by atoms with van der Waals surface area (Å²) in [6, 6.07) is 4.53. The monoisotopic (exact) mass is 230 g/mol. The topological polar surface area (TPSA) is 59.0 Å². The molecular weight excluding hydrogens is 219 g/mol. The number of hydrogen-bond donors (Lipinski definition) is 1. The zero-order valence-corrected chi connectivity index (χ0v) is 9.16. The van der Waals surface area contributed by atoms with Gasteiger partial charge in [-0.25, -0.2) is 4.39 Å². The molecule has 1 saturated carbocycles. The van der Waals surface area contributed by atoms with E-state index in [4.69, 9.17) is 15.7 Å². The Balaban J connectivity index is 2.37. The molecule has 1 aromatic carbocycles. The fourth-order valence-electron chi connectivity index (χ4n) is 1.35. The molecule has 0 saturated heterocycles. The molecule has 0 aliphatic heterocycles. The molecule has 4 heteroatoms. The van der Waals surface area contributed by atoms with Crippen molar-refractivity contribution in [1.82, 2.24) is 0 Å². The summed E-state index contributed by atoms with van der Waals surface area (Å²) in [5.41, 5.74) is 5.65. The van der Waals surface area contributed by atoms with E-state index in [0.29, 0.717) is 5.75 Å². The van der Waals surface area contributed by atoms with E-state index in [1.54, 1.807) is 0 Å². The molecular formula is C13H11FN2O. The molecule has 86 valence electrons. The highest BCUT2D eigenvalue weighted by Crippen LogP contribution is 2.30. The highest BCUT2D eigenvalue weighted by Gasteiger charge is 2.25. The number of nitrogens with zero attached hydrogens (tertiary/aromatic N) is 1. The van der Waals surface area contributed by atoms with Gasteiger partial charge in [-0.1, -0.05) is 11.8 Å². The minimum absolute atomic E-state index is 0.155. The van der Waals surface area contributed by atoms with Crippen LogP contribution in [0.2, 0.25) is 0 Å².